The number of ketones is 1. The number of aliphatic hydroxyl groups is 1. The molecule has 2 saturated heterocycles. The summed E-state index contributed by atoms with van der Waals surface area (Å²) in [4.78, 5) is 30.1. The number of likely N-dealkylation sites (tertiary alicyclic amines) is 1. The Morgan fingerprint density at radius 1 is 1.11 bits per heavy atom. The zero-order valence-electron chi connectivity index (χ0n) is 21.0. The molecule has 2 heterocycles. The number of Topliss-reactive ketones (excluding diaryl/α,β-unsaturated/α-hetero) is 1. The van der Waals surface area contributed by atoms with Gasteiger partial charge in [0.2, 0.25) is 0 Å². The highest BCUT2D eigenvalue weighted by atomic mass is 19.1. The minimum atomic E-state index is -0.804. The Morgan fingerprint density at radius 2 is 1.81 bits per heavy atom. The second-order valence-corrected chi connectivity index (χ2v) is 9.50. The highest BCUT2D eigenvalue weighted by Crippen LogP contribution is 2.40. The van der Waals surface area contributed by atoms with E-state index in [9.17, 15) is 19.1 Å². The number of nitrogens with zero attached hydrogens (tertiary/aromatic N) is 2. The van der Waals surface area contributed by atoms with Crippen molar-refractivity contribution in [2.75, 3.05) is 39.4 Å². The molecule has 2 fully saturated rings. The first-order valence-electron chi connectivity index (χ1n) is 12.4. The van der Waals surface area contributed by atoms with Crippen molar-refractivity contribution < 1.29 is 28.6 Å². The molecule has 8 heteroatoms. The van der Waals surface area contributed by atoms with E-state index in [0.717, 1.165) is 25.2 Å². The molecule has 2 aromatic carbocycles. The zero-order chi connectivity index (χ0) is 25.8. The molecule has 0 radical (unpaired) electrons. The number of hydrogen-bond donors (Lipinski definition) is 1. The van der Waals surface area contributed by atoms with Crippen LogP contribution in [0.15, 0.2) is 48.0 Å². The van der Waals surface area contributed by atoms with Crippen LogP contribution in [-0.4, -0.2) is 72.1 Å². The maximum atomic E-state index is 13.7. The van der Waals surface area contributed by atoms with Gasteiger partial charge in [-0.05, 0) is 68.7 Å². The number of benzene rings is 2. The van der Waals surface area contributed by atoms with Gasteiger partial charge in [-0.2, -0.15) is 0 Å². The molecule has 36 heavy (non-hydrogen) atoms. The van der Waals surface area contributed by atoms with Gasteiger partial charge < -0.3 is 19.5 Å². The van der Waals surface area contributed by atoms with E-state index in [4.69, 9.17) is 9.47 Å². The normalized spacial score (nSPS) is 20.4. The zero-order valence-corrected chi connectivity index (χ0v) is 21.0. The number of aliphatic hydroxyl groups excluding tert-OH is 1. The van der Waals surface area contributed by atoms with Crippen molar-refractivity contribution in [2.45, 2.75) is 39.3 Å². The molecule has 0 aliphatic carbocycles. The van der Waals surface area contributed by atoms with E-state index in [0.29, 0.717) is 43.1 Å². The molecule has 0 aromatic heterocycles. The standard InChI is InChI=1S/C28H33FN2O5/c1-18(2)36-23-10-7-21(17-19(23)3)26(32)24-25(20-5-8-22(29)9-6-20)31(28(34)27(24)33)12-4-11-30-13-15-35-16-14-30/h5-10,17-18,25,32H,4,11-16H2,1-3H3/t25-/m0/s1. The van der Waals surface area contributed by atoms with E-state index >= 15 is 0 Å². The summed E-state index contributed by atoms with van der Waals surface area (Å²) in [6.45, 7) is 9.83. The van der Waals surface area contributed by atoms with Crippen LogP contribution in [0.4, 0.5) is 4.39 Å². The highest BCUT2D eigenvalue weighted by Gasteiger charge is 2.45. The lowest BCUT2D eigenvalue weighted by atomic mass is 9.94. The van der Waals surface area contributed by atoms with Crippen LogP contribution >= 0.6 is 0 Å². The van der Waals surface area contributed by atoms with Gasteiger partial charge in [0.1, 0.15) is 17.3 Å². The maximum absolute atomic E-state index is 13.7. The fourth-order valence-corrected chi connectivity index (χ4v) is 4.73. The molecular formula is C28H33FN2O5. The van der Waals surface area contributed by atoms with E-state index in [2.05, 4.69) is 4.90 Å². The average molecular weight is 497 g/mol. The van der Waals surface area contributed by atoms with Gasteiger partial charge in [-0.15, -0.1) is 0 Å². The van der Waals surface area contributed by atoms with Crippen LogP contribution in [0.25, 0.3) is 5.76 Å². The van der Waals surface area contributed by atoms with Crippen molar-refractivity contribution >= 4 is 17.4 Å². The number of morpholine rings is 1. The summed E-state index contributed by atoms with van der Waals surface area (Å²) in [6.07, 6.45) is 0.648. The number of carbonyl (C=O) groups is 2. The average Bonchev–Trinajstić information content (AvgIpc) is 3.11. The van der Waals surface area contributed by atoms with E-state index in [1.165, 1.54) is 17.0 Å². The fourth-order valence-electron chi connectivity index (χ4n) is 4.73. The van der Waals surface area contributed by atoms with Crippen molar-refractivity contribution in [3.05, 3.63) is 70.5 Å². The van der Waals surface area contributed by atoms with Crippen LogP contribution in [0.1, 0.15) is 43.0 Å². The third-order valence-electron chi connectivity index (χ3n) is 6.51. The number of amides is 1. The molecule has 1 amide bonds. The van der Waals surface area contributed by atoms with Crippen molar-refractivity contribution in [1.82, 2.24) is 9.80 Å². The summed E-state index contributed by atoms with van der Waals surface area (Å²) in [6, 6.07) is 10.1. The summed E-state index contributed by atoms with van der Waals surface area (Å²) >= 11 is 0. The van der Waals surface area contributed by atoms with Gasteiger partial charge in [0.15, 0.2) is 0 Å². The Hall–Kier alpha value is -3.23. The monoisotopic (exact) mass is 496 g/mol. The molecule has 7 nitrogen and oxygen atoms in total. The van der Waals surface area contributed by atoms with Gasteiger partial charge in [-0.1, -0.05) is 12.1 Å². The summed E-state index contributed by atoms with van der Waals surface area (Å²) in [5, 5.41) is 11.3. The molecule has 1 N–H and O–H groups in total. The second kappa shape index (κ2) is 11.2. The third-order valence-corrected chi connectivity index (χ3v) is 6.51. The van der Waals surface area contributed by atoms with Crippen LogP contribution in [0.3, 0.4) is 0 Å². The second-order valence-electron chi connectivity index (χ2n) is 9.50. The molecule has 192 valence electrons. The summed E-state index contributed by atoms with van der Waals surface area (Å²) in [7, 11) is 0. The van der Waals surface area contributed by atoms with E-state index < -0.39 is 23.5 Å². The first-order valence-corrected chi connectivity index (χ1v) is 12.4. The van der Waals surface area contributed by atoms with Crippen LogP contribution in [0.5, 0.6) is 5.75 Å². The lowest BCUT2D eigenvalue weighted by Crippen LogP contribution is -2.38. The first kappa shape index (κ1) is 25.9. The predicted octanol–water partition coefficient (Wildman–Crippen LogP) is 4.07. The number of rotatable bonds is 8. The largest absolute Gasteiger partial charge is 0.507 e. The molecule has 1 atom stereocenters. The molecular weight excluding hydrogens is 463 g/mol. The van der Waals surface area contributed by atoms with E-state index in [1.807, 2.05) is 20.8 Å². The number of aryl methyl sites for hydroxylation is 1. The molecule has 0 saturated carbocycles. The Balaban J connectivity index is 1.67. The molecule has 0 bridgehead atoms. The SMILES string of the molecule is Cc1cc(C(O)=C2C(=O)C(=O)N(CCCN3CCOCC3)[C@H]2c2ccc(F)cc2)ccc1OC(C)C. The Kier molecular flexibility index (Phi) is 8.06. The van der Waals surface area contributed by atoms with Crippen LogP contribution in [0, 0.1) is 12.7 Å². The Labute approximate surface area is 211 Å². The number of ether oxygens (including phenoxy) is 2. The topological polar surface area (TPSA) is 79.3 Å². The predicted molar refractivity (Wildman–Crippen MR) is 134 cm³/mol. The van der Waals surface area contributed by atoms with Crippen molar-refractivity contribution in [2.24, 2.45) is 0 Å². The van der Waals surface area contributed by atoms with Gasteiger partial charge in [-0.25, -0.2) is 4.39 Å². The minimum Gasteiger partial charge on any atom is -0.507 e. The van der Waals surface area contributed by atoms with Crippen LogP contribution in [0.2, 0.25) is 0 Å². The van der Waals surface area contributed by atoms with Gasteiger partial charge >= 0.3 is 0 Å². The molecule has 0 spiro atoms. The number of carbonyl (C=O) groups excluding carboxylic acids is 2. The lowest BCUT2D eigenvalue weighted by molar-refractivity contribution is -0.140. The quantitative estimate of drug-likeness (QED) is 0.337. The summed E-state index contributed by atoms with van der Waals surface area (Å²) in [5.74, 6) is -1.39. The number of halogens is 1. The van der Waals surface area contributed by atoms with Crippen LogP contribution < -0.4 is 4.74 Å². The fraction of sp³-hybridized carbons (Fsp3) is 0.429. The van der Waals surface area contributed by atoms with Crippen molar-refractivity contribution in [3.63, 3.8) is 0 Å². The molecule has 2 aromatic rings. The smallest absolute Gasteiger partial charge is 0.295 e. The molecule has 2 aliphatic rings. The summed E-state index contributed by atoms with van der Waals surface area (Å²) < 4.78 is 24.9. The summed E-state index contributed by atoms with van der Waals surface area (Å²) in [5.41, 5.74) is 1.79. The van der Waals surface area contributed by atoms with Crippen molar-refractivity contribution in [1.29, 1.82) is 0 Å². The maximum Gasteiger partial charge on any atom is 0.295 e. The lowest BCUT2D eigenvalue weighted by Gasteiger charge is -2.29. The Bertz CT molecular complexity index is 1140. The molecule has 4 rings (SSSR count). The van der Waals surface area contributed by atoms with Gasteiger partial charge in [0.05, 0.1) is 30.9 Å². The van der Waals surface area contributed by atoms with E-state index in [-0.39, 0.29) is 17.4 Å². The third kappa shape index (κ3) is 5.60. The van der Waals surface area contributed by atoms with E-state index in [1.54, 1.807) is 30.3 Å². The molecule has 0 unspecified atom stereocenters. The molecule has 2 aliphatic heterocycles. The minimum absolute atomic E-state index is 0.00917. The first-order chi connectivity index (χ1) is 17.3. The van der Waals surface area contributed by atoms with Gasteiger partial charge in [0, 0.05) is 31.7 Å². The Morgan fingerprint density at radius 3 is 2.44 bits per heavy atom. The highest BCUT2D eigenvalue weighted by molar-refractivity contribution is 6.46. The van der Waals surface area contributed by atoms with Crippen LogP contribution in [-0.2, 0) is 14.3 Å². The van der Waals surface area contributed by atoms with Crippen molar-refractivity contribution in [3.8, 4) is 5.75 Å². The van der Waals surface area contributed by atoms with Gasteiger partial charge in [-0.3, -0.25) is 14.5 Å². The number of hydrogen-bond acceptors (Lipinski definition) is 6. The van der Waals surface area contributed by atoms with Gasteiger partial charge in [0.25, 0.3) is 11.7 Å².